The van der Waals surface area contributed by atoms with Gasteiger partial charge in [0, 0.05) is 25.2 Å². The summed E-state index contributed by atoms with van der Waals surface area (Å²) in [6.07, 6.45) is 2.65. The van der Waals surface area contributed by atoms with Crippen molar-refractivity contribution in [3.8, 4) is 5.75 Å². The topological polar surface area (TPSA) is 54.9 Å². The van der Waals surface area contributed by atoms with Crippen LogP contribution in [-0.4, -0.2) is 32.4 Å². The molecule has 2 aromatic rings. The molecule has 0 saturated heterocycles. The molecule has 1 heterocycles. The molecule has 0 aliphatic carbocycles. The van der Waals surface area contributed by atoms with E-state index in [1.807, 2.05) is 13.0 Å². The predicted molar refractivity (Wildman–Crippen MR) is 125 cm³/mol. The van der Waals surface area contributed by atoms with E-state index in [0.717, 1.165) is 48.8 Å². The van der Waals surface area contributed by atoms with Crippen LogP contribution in [-0.2, 0) is 24.2 Å². The zero-order valence-electron chi connectivity index (χ0n) is 16.7. The summed E-state index contributed by atoms with van der Waals surface area (Å²) < 4.78 is 24.6. The van der Waals surface area contributed by atoms with Crippen LogP contribution in [0.4, 0.5) is 4.39 Å². The average Bonchev–Trinajstić information content (AvgIpc) is 2.71. The number of halogens is 2. The number of aliphatic imine (C=N–C) groups is 1. The van der Waals surface area contributed by atoms with Crippen molar-refractivity contribution < 1.29 is 13.9 Å². The Balaban J connectivity index is 0.00000300. The summed E-state index contributed by atoms with van der Waals surface area (Å²) >= 11 is 0. The van der Waals surface area contributed by atoms with E-state index in [9.17, 15) is 4.39 Å². The molecule has 0 fully saturated rings. The maximum absolute atomic E-state index is 13.8. The Morgan fingerprint density at radius 2 is 1.97 bits per heavy atom. The van der Waals surface area contributed by atoms with E-state index in [2.05, 4.69) is 39.9 Å². The molecule has 0 saturated carbocycles. The molecular weight excluding hydrogens is 484 g/mol. The van der Waals surface area contributed by atoms with Gasteiger partial charge in [0.05, 0.1) is 6.61 Å². The lowest BCUT2D eigenvalue weighted by Gasteiger charge is -2.21. The van der Waals surface area contributed by atoms with Gasteiger partial charge in [0.2, 0.25) is 0 Å². The second-order valence-electron chi connectivity index (χ2n) is 6.69. The van der Waals surface area contributed by atoms with Gasteiger partial charge in [-0.1, -0.05) is 30.3 Å². The van der Waals surface area contributed by atoms with Crippen LogP contribution < -0.4 is 15.4 Å². The Morgan fingerprint density at radius 3 is 2.76 bits per heavy atom. The van der Waals surface area contributed by atoms with Crippen LogP contribution >= 0.6 is 24.0 Å². The molecule has 0 bridgehead atoms. The van der Waals surface area contributed by atoms with Crippen molar-refractivity contribution in [2.45, 2.75) is 32.8 Å². The van der Waals surface area contributed by atoms with Crippen molar-refractivity contribution in [2.75, 3.05) is 26.4 Å². The first-order valence-electron chi connectivity index (χ1n) is 9.84. The molecular formula is C22H29FIN3O2. The van der Waals surface area contributed by atoms with Crippen LogP contribution in [0.1, 0.15) is 30.0 Å². The summed E-state index contributed by atoms with van der Waals surface area (Å²) in [5.41, 5.74) is 2.95. The molecule has 0 aromatic heterocycles. The smallest absolute Gasteiger partial charge is 0.191 e. The molecule has 29 heavy (non-hydrogen) atoms. The van der Waals surface area contributed by atoms with Crippen LogP contribution in [0.3, 0.4) is 0 Å². The fraction of sp³-hybridized carbons (Fsp3) is 0.409. The number of rotatable bonds is 8. The van der Waals surface area contributed by atoms with Crippen molar-refractivity contribution in [2.24, 2.45) is 4.99 Å². The van der Waals surface area contributed by atoms with Gasteiger partial charge in [-0.3, -0.25) is 4.99 Å². The molecule has 0 unspecified atom stereocenters. The highest BCUT2D eigenvalue weighted by Gasteiger charge is 2.16. The summed E-state index contributed by atoms with van der Waals surface area (Å²) in [4.78, 5) is 4.63. The van der Waals surface area contributed by atoms with E-state index in [1.165, 1.54) is 17.7 Å². The van der Waals surface area contributed by atoms with Crippen molar-refractivity contribution in [1.82, 2.24) is 10.6 Å². The minimum atomic E-state index is -0.260. The summed E-state index contributed by atoms with van der Waals surface area (Å²) in [7, 11) is 0. The zero-order valence-corrected chi connectivity index (χ0v) is 19.1. The van der Waals surface area contributed by atoms with Gasteiger partial charge >= 0.3 is 0 Å². The van der Waals surface area contributed by atoms with Gasteiger partial charge < -0.3 is 20.1 Å². The second-order valence-corrected chi connectivity index (χ2v) is 6.69. The van der Waals surface area contributed by atoms with Crippen LogP contribution in [0, 0.1) is 5.82 Å². The second kappa shape index (κ2) is 12.6. The maximum atomic E-state index is 13.8. The van der Waals surface area contributed by atoms with Crippen LogP contribution in [0.25, 0.3) is 0 Å². The Kier molecular flexibility index (Phi) is 10.2. The van der Waals surface area contributed by atoms with Crippen LogP contribution in [0.5, 0.6) is 5.75 Å². The zero-order chi connectivity index (χ0) is 19.6. The van der Waals surface area contributed by atoms with Gasteiger partial charge in [0.25, 0.3) is 0 Å². The van der Waals surface area contributed by atoms with Gasteiger partial charge in [0.1, 0.15) is 11.6 Å². The first-order valence-corrected chi connectivity index (χ1v) is 9.84. The number of aryl methyl sites for hydroxylation is 1. The van der Waals surface area contributed by atoms with E-state index in [-0.39, 0.29) is 36.6 Å². The largest absolute Gasteiger partial charge is 0.467 e. The molecule has 2 N–H and O–H groups in total. The molecule has 5 nitrogen and oxygen atoms in total. The highest BCUT2D eigenvalue weighted by molar-refractivity contribution is 14.0. The minimum absolute atomic E-state index is 0. The van der Waals surface area contributed by atoms with Gasteiger partial charge in [-0.15, -0.1) is 24.0 Å². The van der Waals surface area contributed by atoms with Crippen molar-refractivity contribution in [1.29, 1.82) is 0 Å². The third-order valence-corrected chi connectivity index (χ3v) is 4.52. The lowest BCUT2D eigenvalue weighted by atomic mass is 10.1. The molecule has 1 aliphatic rings. The highest BCUT2D eigenvalue weighted by Crippen LogP contribution is 2.29. The fourth-order valence-corrected chi connectivity index (χ4v) is 3.22. The Morgan fingerprint density at radius 1 is 1.14 bits per heavy atom. The standard InChI is InChI=1S/C22H28FN3O2.HI/c1-2-24-22(25-11-6-9-17-7-4-3-5-8-17)26-12-10-18-13-20(23)14-19-15-27-16-28-21(18)19;/h3-5,7-8,13-14H,2,6,9-12,15-16H2,1H3,(H2,24,25,26);1H. The maximum Gasteiger partial charge on any atom is 0.191 e. The van der Waals surface area contributed by atoms with Crippen molar-refractivity contribution in [3.63, 3.8) is 0 Å². The fourth-order valence-electron chi connectivity index (χ4n) is 3.22. The van der Waals surface area contributed by atoms with Gasteiger partial charge in [-0.05, 0) is 49.4 Å². The molecule has 0 amide bonds. The lowest BCUT2D eigenvalue weighted by Crippen LogP contribution is -2.38. The summed E-state index contributed by atoms with van der Waals surface area (Å²) in [6, 6.07) is 13.4. The Hall–Kier alpha value is -1.87. The number of nitrogens with zero attached hydrogens (tertiary/aromatic N) is 1. The van der Waals surface area contributed by atoms with E-state index >= 15 is 0 Å². The monoisotopic (exact) mass is 513 g/mol. The summed E-state index contributed by atoms with van der Waals surface area (Å²) in [5, 5.41) is 6.58. The van der Waals surface area contributed by atoms with Crippen LogP contribution in [0.2, 0.25) is 0 Å². The van der Waals surface area contributed by atoms with Gasteiger partial charge in [-0.2, -0.15) is 0 Å². The third-order valence-electron chi connectivity index (χ3n) is 4.52. The van der Waals surface area contributed by atoms with Crippen LogP contribution in [0.15, 0.2) is 47.5 Å². The van der Waals surface area contributed by atoms with Gasteiger partial charge in [0.15, 0.2) is 12.8 Å². The number of ether oxygens (including phenoxy) is 2. The number of hydrogen-bond acceptors (Lipinski definition) is 3. The number of nitrogens with one attached hydrogen (secondary N) is 2. The molecule has 1 aliphatic heterocycles. The minimum Gasteiger partial charge on any atom is -0.467 e. The van der Waals surface area contributed by atoms with E-state index < -0.39 is 0 Å². The molecule has 0 atom stereocenters. The Labute approximate surface area is 189 Å². The summed E-state index contributed by atoms with van der Waals surface area (Å²) in [6.45, 7) is 4.83. The molecule has 2 aromatic carbocycles. The summed E-state index contributed by atoms with van der Waals surface area (Å²) in [5.74, 6) is 1.27. The molecule has 0 radical (unpaired) electrons. The number of fused-ring (bicyclic) bond motifs is 1. The molecule has 3 rings (SSSR count). The molecule has 7 heteroatoms. The van der Waals surface area contributed by atoms with E-state index in [4.69, 9.17) is 9.47 Å². The SMILES string of the molecule is CCNC(=NCCCc1ccccc1)NCCc1cc(F)cc2c1OCOC2.I. The third kappa shape index (κ3) is 7.47. The van der Waals surface area contributed by atoms with E-state index in [1.54, 1.807) is 0 Å². The Bertz CT molecular complexity index is 787. The normalized spacial score (nSPS) is 13.1. The van der Waals surface area contributed by atoms with Crippen molar-refractivity contribution >= 4 is 29.9 Å². The highest BCUT2D eigenvalue weighted by atomic mass is 127. The molecule has 0 spiro atoms. The predicted octanol–water partition coefficient (Wildman–Crippen LogP) is 4.04. The van der Waals surface area contributed by atoms with Gasteiger partial charge in [-0.25, -0.2) is 4.39 Å². The quantitative estimate of drug-likeness (QED) is 0.242. The molecule has 158 valence electrons. The van der Waals surface area contributed by atoms with E-state index in [0.29, 0.717) is 19.6 Å². The van der Waals surface area contributed by atoms with Crippen molar-refractivity contribution in [3.05, 3.63) is 65.0 Å². The number of guanidine groups is 1. The first kappa shape index (κ1) is 23.4. The number of hydrogen-bond donors (Lipinski definition) is 2. The first-order chi connectivity index (χ1) is 13.8. The average molecular weight is 513 g/mol. The number of benzene rings is 2. The lowest BCUT2D eigenvalue weighted by molar-refractivity contribution is -0.0172.